The van der Waals surface area contributed by atoms with Crippen LogP contribution in [0, 0.1) is 6.92 Å². The molecule has 0 aliphatic heterocycles. The van der Waals surface area contributed by atoms with Crippen molar-refractivity contribution >= 4 is 11.8 Å². The summed E-state index contributed by atoms with van der Waals surface area (Å²) >= 11 is 0. The number of hydrogen-bond acceptors (Lipinski definition) is 3. The fourth-order valence-electron chi connectivity index (χ4n) is 2.70. The third-order valence-electron chi connectivity index (χ3n) is 4.40. The van der Waals surface area contributed by atoms with Crippen molar-refractivity contribution in [3.8, 4) is 5.75 Å². The Morgan fingerprint density at radius 3 is 2.15 bits per heavy atom. The van der Waals surface area contributed by atoms with Gasteiger partial charge in [-0.25, -0.2) is 0 Å². The van der Waals surface area contributed by atoms with Crippen molar-refractivity contribution < 1.29 is 14.3 Å². The van der Waals surface area contributed by atoms with E-state index in [1.165, 1.54) is 0 Å². The van der Waals surface area contributed by atoms with Gasteiger partial charge in [0, 0.05) is 13.6 Å². The molecule has 0 saturated carbocycles. The number of rotatable bonds is 7. The summed E-state index contributed by atoms with van der Waals surface area (Å²) in [6.45, 7) is 4.12. The van der Waals surface area contributed by atoms with Crippen molar-refractivity contribution in [1.82, 2.24) is 10.2 Å². The number of benzene rings is 2. The van der Waals surface area contributed by atoms with Gasteiger partial charge in [-0.15, -0.1) is 0 Å². The Labute approximate surface area is 155 Å². The molecule has 5 heteroatoms. The highest BCUT2D eigenvalue weighted by atomic mass is 16.5. The van der Waals surface area contributed by atoms with E-state index >= 15 is 0 Å². The summed E-state index contributed by atoms with van der Waals surface area (Å²) in [6.07, 6.45) is 0.262. The number of carbonyl (C=O) groups is 2. The van der Waals surface area contributed by atoms with Gasteiger partial charge in [0.25, 0.3) is 0 Å². The SMILES string of the molecule is CNC(=O)[C@@H](C)N(Cc1ccc(OC)cc1)C(=O)Cc1ccc(C)cc1. The van der Waals surface area contributed by atoms with Crippen LogP contribution in [-0.2, 0) is 22.6 Å². The Morgan fingerprint density at radius 2 is 1.62 bits per heavy atom. The highest BCUT2D eigenvalue weighted by Crippen LogP contribution is 2.16. The van der Waals surface area contributed by atoms with Gasteiger partial charge >= 0.3 is 0 Å². The van der Waals surface area contributed by atoms with Gasteiger partial charge in [0.1, 0.15) is 11.8 Å². The predicted octanol–water partition coefficient (Wildman–Crippen LogP) is 2.71. The minimum atomic E-state index is -0.556. The molecule has 0 aromatic heterocycles. The number of amides is 2. The molecule has 2 rings (SSSR count). The summed E-state index contributed by atoms with van der Waals surface area (Å²) in [7, 11) is 3.19. The van der Waals surface area contributed by atoms with E-state index in [2.05, 4.69) is 5.32 Å². The number of hydrogen-bond donors (Lipinski definition) is 1. The summed E-state index contributed by atoms with van der Waals surface area (Å²) in [5, 5.41) is 2.62. The van der Waals surface area contributed by atoms with Crippen LogP contribution in [0.25, 0.3) is 0 Å². The van der Waals surface area contributed by atoms with Crippen LogP contribution < -0.4 is 10.1 Å². The number of nitrogens with zero attached hydrogens (tertiary/aromatic N) is 1. The molecule has 0 heterocycles. The number of ether oxygens (including phenoxy) is 1. The van der Waals surface area contributed by atoms with E-state index in [-0.39, 0.29) is 18.2 Å². The molecule has 0 fully saturated rings. The van der Waals surface area contributed by atoms with Crippen LogP contribution in [0.4, 0.5) is 0 Å². The fourth-order valence-corrected chi connectivity index (χ4v) is 2.70. The zero-order valence-corrected chi connectivity index (χ0v) is 15.8. The minimum Gasteiger partial charge on any atom is -0.497 e. The molecule has 0 saturated heterocycles. The molecule has 26 heavy (non-hydrogen) atoms. The lowest BCUT2D eigenvalue weighted by molar-refractivity contribution is -0.139. The van der Waals surface area contributed by atoms with E-state index in [4.69, 9.17) is 4.74 Å². The van der Waals surface area contributed by atoms with Gasteiger partial charge in [0.05, 0.1) is 13.5 Å². The average molecular weight is 354 g/mol. The number of nitrogens with one attached hydrogen (secondary N) is 1. The molecular formula is C21H26N2O3. The molecule has 0 bridgehead atoms. The number of methoxy groups -OCH3 is 1. The second-order valence-electron chi connectivity index (χ2n) is 6.32. The smallest absolute Gasteiger partial charge is 0.242 e. The first kappa shape index (κ1) is 19.5. The Hall–Kier alpha value is -2.82. The Balaban J connectivity index is 2.19. The molecule has 0 unspecified atom stereocenters. The van der Waals surface area contributed by atoms with Crippen LogP contribution in [0.3, 0.4) is 0 Å². The molecule has 2 aromatic rings. The topological polar surface area (TPSA) is 58.6 Å². The predicted molar refractivity (Wildman–Crippen MR) is 102 cm³/mol. The molecule has 0 aliphatic rings. The monoisotopic (exact) mass is 354 g/mol. The first-order chi connectivity index (χ1) is 12.4. The quantitative estimate of drug-likeness (QED) is 0.832. The maximum atomic E-state index is 12.9. The van der Waals surface area contributed by atoms with Gasteiger partial charge in [-0.05, 0) is 37.1 Å². The first-order valence-electron chi connectivity index (χ1n) is 8.64. The largest absolute Gasteiger partial charge is 0.497 e. The maximum Gasteiger partial charge on any atom is 0.242 e. The molecule has 0 aliphatic carbocycles. The highest BCUT2D eigenvalue weighted by molar-refractivity contribution is 5.88. The Morgan fingerprint density at radius 1 is 1.04 bits per heavy atom. The second-order valence-corrected chi connectivity index (χ2v) is 6.32. The van der Waals surface area contributed by atoms with E-state index in [9.17, 15) is 9.59 Å². The average Bonchev–Trinajstić information content (AvgIpc) is 2.67. The van der Waals surface area contributed by atoms with Gasteiger partial charge in [0.2, 0.25) is 11.8 Å². The molecule has 2 aromatic carbocycles. The minimum absolute atomic E-state index is 0.0826. The summed E-state index contributed by atoms with van der Waals surface area (Å²) < 4.78 is 5.17. The van der Waals surface area contributed by atoms with Crippen molar-refractivity contribution in [2.24, 2.45) is 0 Å². The first-order valence-corrected chi connectivity index (χ1v) is 8.64. The molecule has 2 amide bonds. The Kier molecular flexibility index (Phi) is 6.78. The van der Waals surface area contributed by atoms with Crippen molar-refractivity contribution in [1.29, 1.82) is 0 Å². The summed E-state index contributed by atoms with van der Waals surface area (Å²) in [6, 6.07) is 14.8. The normalized spacial score (nSPS) is 11.5. The standard InChI is InChI=1S/C21H26N2O3/c1-15-5-7-17(8-6-15)13-20(24)23(16(2)21(25)22-3)14-18-9-11-19(26-4)12-10-18/h5-12,16H,13-14H2,1-4H3,(H,22,25)/t16-/m1/s1. The van der Waals surface area contributed by atoms with Crippen LogP contribution in [0.2, 0.25) is 0 Å². The van der Waals surface area contributed by atoms with Gasteiger partial charge in [0.15, 0.2) is 0 Å². The molecule has 0 radical (unpaired) electrons. The summed E-state index contributed by atoms with van der Waals surface area (Å²) in [5.74, 6) is 0.488. The molecule has 1 N–H and O–H groups in total. The van der Waals surface area contributed by atoms with Crippen molar-refractivity contribution in [3.63, 3.8) is 0 Å². The zero-order chi connectivity index (χ0) is 19.1. The zero-order valence-electron chi connectivity index (χ0n) is 15.8. The maximum absolute atomic E-state index is 12.9. The summed E-state index contributed by atoms with van der Waals surface area (Å²) in [4.78, 5) is 26.6. The van der Waals surface area contributed by atoms with Crippen molar-refractivity contribution in [2.45, 2.75) is 32.9 Å². The highest BCUT2D eigenvalue weighted by Gasteiger charge is 2.25. The number of carbonyl (C=O) groups excluding carboxylic acids is 2. The lowest BCUT2D eigenvalue weighted by Crippen LogP contribution is -2.47. The third kappa shape index (κ3) is 5.09. The van der Waals surface area contributed by atoms with Crippen LogP contribution in [0.1, 0.15) is 23.6 Å². The fraction of sp³-hybridized carbons (Fsp3) is 0.333. The molecule has 138 valence electrons. The van der Waals surface area contributed by atoms with Gasteiger partial charge in [-0.1, -0.05) is 42.0 Å². The van der Waals surface area contributed by atoms with E-state index in [1.807, 2.05) is 55.5 Å². The van der Waals surface area contributed by atoms with Crippen molar-refractivity contribution in [3.05, 3.63) is 65.2 Å². The lowest BCUT2D eigenvalue weighted by Gasteiger charge is -2.28. The molecule has 1 atom stereocenters. The van der Waals surface area contributed by atoms with E-state index < -0.39 is 6.04 Å². The molecule has 0 spiro atoms. The molecule has 5 nitrogen and oxygen atoms in total. The van der Waals surface area contributed by atoms with Crippen LogP contribution in [0.15, 0.2) is 48.5 Å². The third-order valence-corrected chi connectivity index (χ3v) is 4.40. The molecular weight excluding hydrogens is 328 g/mol. The van der Waals surface area contributed by atoms with Gasteiger partial charge < -0.3 is 15.0 Å². The van der Waals surface area contributed by atoms with Gasteiger partial charge in [-0.3, -0.25) is 9.59 Å². The van der Waals surface area contributed by atoms with Crippen LogP contribution in [0.5, 0.6) is 5.75 Å². The van der Waals surface area contributed by atoms with E-state index in [0.29, 0.717) is 6.54 Å². The Bertz CT molecular complexity index is 739. The van der Waals surface area contributed by atoms with Crippen LogP contribution >= 0.6 is 0 Å². The lowest BCUT2D eigenvalue weighted by atomic mass is 10.1. The number of aryl methyl sites for hydroxylation is 1. The summed E-state index contributed by atoms with van der Waals surface area (Å²) in [5.41, 5.74) is 3.03. The second kappa shape index (κ2) is 9.04. The van der Waals surface area contributed by atoms with E-state index in [0.717, 1.165) is 22.4 Å². The number of likely N-dealkylation sites (N-methyl/N-ethyl adjacent to an activating group) is 1. The van der Waals surface area contributed by atoms with Crippen LogP contribution in [-0.4, -0.2) is 36.9 Å². The van der Waals surface area contributed by atoms with Crippen molar-refractivity contribution in [2.75, 3.05) is 14.2 Å². The van der Waals surface area contributed by atoms with E-state index in [1.54, 1.807) is 26.0 Å². The van der Waals surface area contributed by atoms with Gasteiger partial charge in [-0.2, -0.15) is 0 Å².